The highest BCUT2D eigenvalue weighted by Crippen LogP contribution is 2.25. The maximum atomic E-state index is 13.9. The van der Waals surface area contributed by atoms with Gasteiger partial charge in [0.1, 0.15) is 0 Å². The first-order valence-electron chi connectivity index (χ1n) is 6.00. The third-order valence-corrected chi connectivity index (χ3v) is 2.67. The molecule has 2 rings (SSSR count). The van der Waals surface area contributed by atoms with Crippen molar-refractivity contribution in [1.82, 2.24) is 9.78 Å². The van der Waals surface area contributed by atoms with Crippen molar-refractivity contribution >= 4 is 5.84 Å². The topological polar surface area (TPSA) is 85.7 Å². The average Bonchev–Trinajstić information content (AvgIpc) is 2.89. The van der Waals surface area contributed by atoms with E-state index in [1.807, 2.05) is 13.8 Å². The fourth-order valence-electron chi connectivity index (χ4n) is 1.58. The first-order valence-corrected chi connectivity index (χ1v) is 6.00. The summed E-state index contributed by atoms with van der Waals surface area (Å²) >= 11 is 0. The fraction of sp³-hybridized carbons (Fsp3) is 0.231. The molecular weight excluding hydrogens is 263 g/mol. The Morgan fingerprint density at radius 2 is 2.25 bits per heavy atom. The average molecular weight is 278 g/mol. The maximum absolute atomic E-state index is 13.9. The lowest BCUT2D eigenvalue weighted by Gasteiger charge is -2.06. The van der Waals surface area contributed by atoms with Gasteiger partial charge in [-0.1, -0.05) is 5.16 Å². The summed E-state index contributed by atoms with van der Waals surface area (Å²) in [6.07, 6.45) is 3.19. The van der Waals surface area contributed by atoms with Crippen LogP contribution in [-0.4, -0.2) is 20.8 Å². The second-order valence-electron chi connectivity index (χ2n) is 4.48. The molecule has 0 fully saturated rings. The molecule has 1 aromatic heterocycles. The highest BCUT2D eigenvalue weighted by molar-refractivity contribution is 5.97. The number of amidine groups is 1. The number of benzene rings is 1. The first-order chi connectivity index (χ1) is 9.51. The summed E-state index contributed by atoms with van der Waals surface area (Å²) < 4.78 is 21.0. The largest absolute Gasteiger partial charge is 0.451 e. The Morgan fingerprint density at radius 3 is 2.80 bits per heavy atom. The van der Waals surface area contributed by atoms with Gasteiger partial charge in [-0.3, -0.25) is 4.68 Å². The van der Waals surface area contributed by atoms with Crippen LogP contribution in [0.1, 0.15) is 25.5 Å². The van der Waals surface area contributed by atoms with Gasteiger partial charge in [-0.15, -0.1) is 0 Å². The van der Waals surface area contributed by atoms with E-state index in [2.05, 4.69) is 10.3 Å². The quantitative estimate of drug-likeness (QED) is 0.389. The van der Waals surface area contributed by atoms with Crippen LogP contribution in [0.2, 0.25) is 0 Å². The second kappa shape index (κ2) is 5.60. The van der Waals surface area contributed by atoms with Crippen LogP contribution >= 0.6 is 0 Å². The van der Waals surface area contributed by atoms with Crippen molar-refractivity contribution in [3.05, 3.63) is 42.0 Å². The van der Waals surface area contributed by atoms with E-state index >= 15 is 0 Å². The Balaban J connectivity index is 2.21. The van der Waals surface area contributed by atoms with Crippen LogP contribution < -0.4 is 10.5 Å². The number of ether oxygens (including phenoxy) is 1. The zero-order chi connectivity index (χ0) is 14.7. The summed E-state index contributed by atoms with van der Waals surface area (Å²) in [7, 11) is 0. The van der Waals surface area contributed by atoms with E-state index in [1.165, 1.54) is 18.3 Å². The zero-order valence-electron chi connectivity index (χ0n) is 11.1. The van der Waals surface area contributed by atoms with Crippen LogP contribution in [0.5, 0.6) is 11.5 Å². The number of aromatic nitrogens is 2. The molecule has 6 nitrogen and oxygen atoms in total. The Labute approximate surface area is 115 Å². The molecule has 106 valence electrons. The highest BCUT2D eigenvalue weighted by atomic mass is 19.1. The number of hydrogen-bond donors (Lipinski definition) is 2. The van der Waals surface area contributed by atoms with Crippen LogP contribution in [-0.2, 0) is 0 Å². The van der Waals surface area contributed by atoms with Gasteiger partial charge in [0.2, 0.25) is 0 Å². The third-order valence-electron chi connectivity index (χ3n) is 2.67. The Morgan fingerprint density at radius 1 is 1.50 bits per heavy atom. The van der Waals surface area contributed by atoms with Crippen LogP contribution in [0.25, 0.3) is 0 Å². The molecule has 1 heterocycles. The normalized spacial score (nSPS) is 11.9. The van der Waals surface area contributed by atoms with Crippen LogP contribution in [0.3, 0.4) is 0 Å². The van der Waals surface area contributed by atoms with E-state index in [1.54, 1.807) is 10.9 Å². The predicted molar refractivity (Wildman–Crippen MR) is 71.6 cm³/mol. The molecule has 0 bridgehead atoms. The molecule has 2 aromatic rings. The Bertz CT molecular complexity index is 637. The minimum absolute atomic E-state index is 0.0443. The van der Waals surface area contributed by atoms with Gasteiger partial charge in [-0.2, -0.15) is 5.10 Å². The summed E-state index contributed by atoms with van der Waals surface area (Å²) in [5.74, 6) is -0.286. The minimum Gasteiger partial charge on any atom is -0.451 e. The maximum Gasteiger partial charge on any atom is 0.170 e. The monoisotopic (exact) mass is 278 g/mol. The van der Waals surface area contributed by atoms with Gasteiger partial charge in [-0.25, -0.2) is 4.39 Å². The van der Waals surface area contributed by atoms with Crippen molar-refractivity contribution in [2.75, 3.05) is 0 Å². The van der Waals surface area contributed by atoms with E-state index in [0.29, 0.717) is 5.75 Å². The molecule has 0 saturated carbocycles. The van der Waals surface area contributed by atoms with E-state index in [0.717, 1.165) is 6.07 Å². The van der Waals surface area contributed by atoms with E-state index in [4.69, 9.17) is 15.7 Å². The first kappa shape index (κ1) is 13.9. The molecule has 0 saturated heterocycles. The standard InChI is InChI=1S/C13H15FN4O2/c1-8(2)18-7-10(6-16-18)20-12-4-3-9(5-11(12)14)13(15)17-19/h3-8,19H,1-2H3,(H2,15,17). The molecule has 0 radical (unpaired) electrons. The molecule has 0 aliphatic carbocycles. The van der Waals surface area contributed by atoms with E-state index < -0.39 is 5.82 Å². The molecule has 20 heavy (non-hydrogen) atoms. The van der Waals surface area contributed by atoms with E-state index in [-0.39, 0.29) is 23.2 Å². The Kier molecular flexibility index (Phi) is 3.88. The van der Waals surface area contributed by atoms with Crippen LogP contribution in [0, 0.1) is 5.82 Å². The second-order valence-corrected chi connectivity index (χ2v) is 4.48. The van der Waals surface area contributed by atoms with Gasteiger partial charge in [0.15, 0.2) is 23.2 Å². The smallest absolute Gasteiger partial charge is 0.170 e. The van der Waals surface area contributed by atoms with Gasteiger partial charge >= 0.3 is 0 Å². The van der Waals surface area contributed by atoms with Gasteiger partial charge in [0.25, 0.3) is 0 Å². The van der Waals surface area contributed by atoms with Crippen molar-refractivity contribution in [3.63, 3.8) is 0 Å². The van der Waals surface area contributed by atoms with Gasteiger partial charge in [0, 0.05) is 11.6 Å². The highest BCUT2D eigenvalue weighted by Gasteiger charge is 2.10. The van der Waals surface area contributed by atoms with Crippen molar-refractivity contribution in [2.45, 2.75) is 19.9 Å². The predicted octanol–water partition coefficient (Wildman–Crippen LogP) is 2.49. The molecule has 0 aliphatic rings. The molecule has 1 aromatic carbocycles. The van der Waals surface area contributed by atoms with Crippen molar-refractivity contribution < 1.29 is 14.3 Å². The minimum atomic E-state index is -0.605. The summed E-state index contributed by atoms with van der Waals surface area (Å²) in [6.45, 7) is 3.95. The molecule has 3 N–H and O–H groups in total. The van der Waals surface area contributed by atoms with Gasteiger partial charge in [-0.05, 0) is 32.0 Å². The number of hydrogen-bond acceptors (Lipinski definition) is 4. The fourth-order valence-corrected chi connectivity index (χ4v) is 1.58. The van der Waals surface area contributed by atoms with Crippen LogP contribution in [0.4, 0.5) is 4.39 Å². The molecule has 0 aliphatic heterocycles. The summed E-state index contributed by atoms with van der Waals surface area (Å²) in [6, 6.07) is 4.24. The lowest BCUT2D eigenvalue weighted by atomic mass is 10.2. The molecule has 0 spiro atoms. The van der Waals surface area contributed by atoms with Crippen molar-refractivity contribution in [2.24, 2.45) is 10.9 Å². The SMILES string of the molecule is CC(C)n1cc(Oc2ccc(/C(N)=N/O)cc2F)cn1. The molecular formula is C13H15FN4O2. The number of oxime groups is 1. The number of rotatable bonds is 4. The third kappa shape index (κ3) is 2.87. The van der Waals surface area contributed by atoms with Gasteiger partial charge in [0.05, 0.1) is 12.4 Å². The number of halogens is 1. The summed E-state index contributed by atoms with van der Waals surface area (Å²) in [5.41, 5.74) is 5.65. The van der Waals surface area contributed by atoms with Crippen molar-refractivity contribution in [1.29, 1.82) is 0 Å². The number of nitrogens with two attached hydrogens (primary N) is 1. The van der Waals surface area contributed by atoms with Gasteiger partial charge < -0.3 is 15.7 Å². The Hall–Kier alpha value is -2.57. The zero-order valence-corrected chi connectivity index (χ0v) is 11.1. The summed E-state index contributed by atoms with van der Waals surface area (Å²) in [4.78, 5) is 0. The lowest BCUT2D eigenvalue weighted by Crippen LogP contribution is -2.13. The lowest BCUT2D eigenvalue weighted by molar-refractivity contribution is 0.318. The molecule has 0 atom stereocenters. The summed E-state index contributed by atoms with van der Waals surface area (Å²) in [5, 5.41) is 15.4. The molecule has 0 amide bonds. The number of nitrogens with zero attached hydrogens (tertiary/aromatic N) is 3. The van der Waals surface area contributed by atoms with Crippen molar-refractivity contribution in [3.8, 4) is 11.5 Å². The van der Waals surface area contributed by atoms with Crippen LogP contribution in [0.15, 0.2) is 35.7 Å². The molecule has 7 heteroatoms. The van der Waals surface area contributed by atoms with E-state index in [9.17, 15) is 4.39 Å². The molecule has 0 unspecified atom stereocenters.